The number of rotatable bonds is 4. The van der Waals surface area contributed by atoms with E-state index in [9.17, 15) is 4.79 Å². The second-order valence-electron chi connectivity index (χ2n) is 5.80. The summed E-state index contributed by atoms with van der Waals surface area (Å²) in [5, 5.41) is 1.43. The first kappa shape index (κ1) is 14.0. The largest absolute Gasteiger partial charge is 0.494 e. The molecule has 108 valence electrons. The normalized spacial score (nSPS) is 28.9. The van der Waals surface area contributed by atoms with E-state index < -0.39 is 0 Å². The number of carbonyl (C=O) groups is 1. The van der Waals surface area contributed by atoms with Gasteiger partial charge in [-0.2, -0.15) is 11.8 Å². The molecule has 2 aliphatic rings. The number of hydrogen-bond acceptors (Lipinski definition) is 3. The van der Waals surface area contributed by atoms with Gasteiger partial charge in [-0.25, -0.2) is 0 Å². The van der Waals surface area contributed by atoms with Crippen molar-refractivity contribution >= 4 is 17.5 Å². The Hall–Kier alpha value is -0.960. The average molecular weight is 290 g/mol. The molecule has 1 aromatic rings. The molecular formula is C17H22O2S. The maximum absolute atomic E-state index is 12.7. The highest BCUT2D eigenvalue weighted by atomic mass is 32.2. The molecule has 2 nitrogen and oxygen atoms in total. The molecule has 2 fully saturated rings. The van der Waals surface area contributed by atoms with Crippen molar-refractivity contribution in [2.24, 2.45) is 5.92 Å². The zero-order valence-electron chi connectivity index (χ0n) is 12.0. The Balaban J connectivity index is 1.73. The number of thioether (sulfide) groups is 1. The second kappa shape index (κ2) is 6.21. The summed E-state index contributed by atoms with van der Waals surface area (Å²) in [5.74, 6) is 1.36. The molecule has 0 radical (unpaired) electrons. The lowest BCUT2D eigenvalue weighted by atomic mass is 9.84. The number of ether oxygens (including phenoxy) is 1. The van der Waals surface area contributed by atoms with Crippen LogP contribution in [0.25, 0.3) is 0 Å². The lowest BCUT2D eigenvalue weighted by Crippen LogP contribution is -2.32. The first-order valence-electron chi connectivity index (χ1n) is 7.68. The maximum atomic E-state index is 12.7. The molecule has 2 heterocycles. The van der Waals surface area contributed by atoms with E-state index in [1.165, 1.54) is 19.3 Å². The van der Waals surface area contributed by atoms with Crippen molar-refractivity contribution in [1.29, 1.82) is 0 Å². The van der Waals surface area contributed by atoms with Crippen LogP contribution in [0.2, 0.25) is 0 Å². The Labute approximate surface area is 125 Å². The molecule has 0 amide bonds. The topological polar surface area (TPSA) is 26.3 Å². The van der Waals surface area contributed by atoms with Crippen molar-refractivity contribution in [1.82, 2.24) is 0 Å². The number of Topliss-reactive ketones (excluding diaryl/α,β-unsaturated/α-hetero) is 1. The smallest absolute Gasteiger partial charge is 0.166 e. The average Bonchev–Trinajstić information content (AvgIpc) is 2.47. The van der Waals surface area contributed by atoms with E-state index in [1.807, 2.05) is 31.2 Å². The van der Waals surface area contributed by atoms with E-state index in [0.29, 0.717) is 22.9 Å². The summed E-state index contributed by atoms with van der Waals surface area (Å²) >= 11 is 2.12. The Morgan fingerprint density at radius 1 is 1.30 bits per heavy atom. The molecule has 0 N–H and O–H groups in total. The van der Waals surface area contributed by atoms with Gasteiger partial charge in [-0.15, -0.1) is 0 Å². The Morgan fingerprint density at radius 2 is 2.05 bits per heavy atom. The quantitative estimate of drug-likeness (QED) is 0.772. The number of hydrogen-bond donors (Lipinski definition) is 0. The second-order valence-corrected chi connectivity index (χ2v) is 7.41. The highest BCUT2D eigenvalue weighted by Gasteiger charge is 2.35. The van der Waals surface area contributed by atoms with Crippen molar-refractivity contribution in [2.45, 2.75) is 49.5 Å². The van der Waals surface area contributed by atoms with Gasteiger partial charge in [0.1, 0.15) is 5.75 Å². The van der Waals surface area contributed by atoms with Crippen LogP contribution in [0.1, 0.15) is 49.4 Å². The minimum absolute atomic E-state index is 0.225. The molecular weight excluding hydrogens is 268 g/mol. The Kier molecular flexibility index (Phi) is 4.35. The van der Waals surface area contributed by atoms with Gasteiger partial charge >= 0.3 is 0 Å². The fourth-order valence-corrected chi connectivity index (χ4v) is 5.25. The Morgan fingerprint density at radius 3 is 2.75 bits per heavy atom. The summed E-state index contributed by atoms with van der Waals surface area (Å²) in [4.78, 5) is 12.7. The van der Waals surface area contributed by atoms with Gasteiger partial charge in [-0.1, -0.05) is 18.6 Å². The van der Waals surface area contributed by atoms with Crippen LogP contribution in [0.3, 0.4) is 0 Å². The van der Waals surface area contributed by atoms with Gasteiger partial charge in [-0.05, 0) is 44.7 Å². The molecule has 2 unspecified atom stereocenters. The highest BCUT2D eigenvalue weighted by Crippen LogP contribution is 2.44. The van der Waals surface area contributed by atoms with Crippen LogP contribution >= 0.6 is 11.8 Å². The molecule has 0 aliphatic carbocycles. The van der Waals surface area contributed by atoms with E-state index >= 15 is 0 Å². The van der Waals surface area contributed by atoms with Crippen LogP contribution in [0, 0.1) is 5.92 Å². The minimum atomic E-state index is 0.225. The van der Waals surface area contributed by atoms with E-state index in [4.69, 9.17) is 4.74 Å². The van der Waals surface area contributed by atoms with Crippen LogP contribution in [0.4, 0.5) is 0 Å². The van der Waals surface area contributed by atoms with E-state index in [-0.39, 0.29) is 5.92 Å². The molecule has 20 heavy (non-hydrogen) atoms. The van der Waals surface area contributed by atoms with Crippen LogP contribution in [-0.2, 0) is 0 Å². The lowest BCUT2D eigenvalue weighted by molar-refractivity contribution is 0.0896. The van der Waals surface area contributed by atoms with Crippen LogP contribution < -0.4 is 4.74 Å². The first-order chi connectivity index (χ1) is 9.76. The molecule has 3 rings (SSSR count). The van der Waals surface area contributed by atoms with Crippen molar-refractivity contribution in [3.63, 3.8) is 0 Å². The van der Waals surface area contributed by atoms with E-state index in [2.05, 4.69) is 11.8 Å². The third-order valence-electron chi connectivity index (χ3n) is 4.33. The fourth-order valence-electron chi connectivity index (χ4n) is 3.41. The van der Waals surface area contributed by atoms with Gasteiger partial charge in [0.25, 0.3) is 0 Å². The van der Waals surface area contributed by atoms with Gasteiger partial charge in [0, 0.05) is 22.0 Å². The van der Waals surface area contributed by atoms with Gasteiger partial charge < -0.3 is 4.74 Å². The maximum Gasteiger partial charge on any atom is 0.166 e. The first-order valence-corrected chi connectivity index (χ1v) is 8.63. The molecule has 1 aromatic carbocycles. The molecule has 2 saturated heterocycles. The van der Waals surface area contributed by atoms with E-state index in [0.717, 1.165) is 24.2 Å². The summed E-state index contributed by atoms with van der Waals surface area (Å²) in [7, 11) is 0. The number of fused-ring (bicyclic) bond motifs is 2. The lowest BCUT2D eigenvalue weighted by Gasteiger charge is -2.37. The van der Waals surface area contributed by atoms with Gasteiger partial charge in [-0.3, -0.25) is 4.79 Å². The SMILES string of the molecule is CCOc1cccc(C(=O)C2CC3CCCC(C2)S3)c1. The molecule has 2 aliphatic heterocycles. The van der Waals surface area contributed by atoms with Crippen LogP contribution in [-0.4, -0.2) is 22.9 Å². The summed E-state index contributed by atoms with van der Waals surface area (Å²) in [6.45, 7) is 2.61. The summed E-state index contributed by atoms with van der Waals surface area (Å²) in [5.41, 5.74) is 0.825. The van der Waals surface area contributed by atoms with Crippen molar-refractivity contribution in [2.75, 3.05) is 6.61 Å². The highest BCUT2D eigenvalue weighted by molar-refractivity contribution is 8.00. The molecule has 0 spiro atoms. The van der Waals surface area contributed by atoms with Gasteiger partial charge in [0.2, 0.25) is 0 Å². The third kappa shape index (κ3) is 3.03. The van der Waals surface area contributed by atoms with Crippen LogP contribution in [0.15, 0.2) is 24.3 Å². The zero-order chi connectivity index (χ0) is 13.9. The predicted octanol–water partition coefficient (Wildman–Crippen LogP) is 4.33. The summed E-state index contributed by atoms with van der Waals surface area (Å²) in [6.07, 6.45) is 6.08. The molecule has 2 bridgehead atoms. The van der Waals surface area contributed by atoms with Crippen molar-refractivity contribution in [3.05, 3.63) is 29.8 Å². The van der Waals surface area contributed by atoms with Crippen LogP contribution in [0.5, 0.6) is 5.75 Å². The summed E-state index contributed by atoms with van der Waals surface area (Å²) < 4.78 is 5.50. The standard InChI is InChI=1S/C17H22O2S/c1-2-19-14-6-3-5-12(9-14)17(18)13-10-15-7-4-8-16(11-13)20-15/h3,5-6,9,13,15-16H,2,4,7-8,10-11H2,1H3. The molecule has 2 atom stereocenters. The van der Waals surface area contributed by atoms with Gasteiger partial charge in [0.15, 0.2) is 5.78 Å². The number of carbonyl (C=O) groups excluding carboxylic acids is 1. The zero-order valence-corrected chi connectivity index (χ0v) is 12.8. The summed E-state index contributed by atoms with van der Waals surface area (Å²) in [6, 6.07) is 7.69. The molecule has 0 aromatic heterocycles. The third-order valence-corrected chi connectivity index (χ3v) is 5.96. The van der Waals surface area contributed by atoms with E-state index in [1.54, 1.807) is 0 Å². The number of benzene rings is 1. The monoisotopic (exact) mass is 290 g/mol. The van der Waals surface area contributed by atoms with Crippen molar-refractivity contribution < 1.29 is 9.53 Å². The van der Waals surface area contributed by atoms with Gasteiger partial charge in [0.05, 0.1) is 6.61 Å². The fraction of sp³-hybridized carbons (Fsp3) is 0.588. The predicted molar refractivity (Wildman–Crippen MR) is 83.7 cm³/mol. The Bertz CT molecular complexity index is 474. The van der Waals surface area contributed by atoms with Crippen molar-refractivity contribution in [3.8, 4) is 5.75 Å². The molecule has 0 saturated carbocycles. The molecule has 3 heteroatoms. The minimum Gasteiger partial charge on any atom is -0.494 e. The number of ketones is 1.